The van der Waals surface area contributed by atoms with Gasteiger partial charge in [0.05, 0.1) is 6.61 Å². The largest absolute Gasteiger partial charge is 0.392 e. The molecular weight excluding hydrogens is 144 g/mol. The summed E-state index contributed by atoms with van der Waals surface area (Å²) in [5.41, 5.74) is 0.883. The van der Waals surface area contributed by atoms with E-state index in [2.05, 4.69) is 0 Å². The summed E-state index contributed by atoms with van der Waals surface area (Å²) in [6.07, 6.45) is 2.78. The summed E-state index contributed by atoms with van der Waals surface area (Å²) in [5, 5.41) is 8.63. The lowest BCUT2D eigenvalue weighted by atomic mass is 9.99. The third-order valence-electron chi connectivity index (χ3n) is 1.45. The van der Waals surface area contributed by atoms with Gasteiger partial charge in [-0.25, -0.2) is 0 Å². The molecule has 0 atom stereocenters. The Balaban J connectivity index is 3.03. The summed E-state index contributed by atoms with van der Waals surface area (Å²) in [4.78, 5) is 21.7. The second kappa shape index (κ2) is 2.80. The summed E-state index contributed by atoms with van der Waals surface area (Å²) >= 11 is 0. The van der Waals surface area contributed by atoms with Crippen LogP contribution in [-0.4, -0.2) is 23.3 Å². The Labute approximate surface area is 64.0 Å². The fourth-order valence-electron chi connectivity index (χ4n) is 0.930. The molecule has 3 heteroatoms. The molecule has 0 saturated carbocycles. The fraction of sp³-hybridized carbons (Fsp3) is 0.250. The SMILES string of the molecule is CC1=CC(=O)C(=O)C(CO)=C1. The summed E-state index contributed by atoms with van der Waals surface area (Å²) in [6, 6.07) is 0. The average Bonchev–Trinajstić information content (AvgIpc) is 1.96. The molecule has 0 unspecified atom stereocenters. The van der Waals surface area contributed by atoms with Gasteiger partial charge in [0.25, 0.3) is 0 Å². The van der Waals surface area contributed by atoms with Crippen LogP contribution in [-0.2, 0) is 9.59 Å². The van der Waals surface area contributed by atoms with E-state index in [-0.39, 0.29) is 12.2 Å². The summed E-state index contributed by atoms with van der Waals surface area (Å²) in [6.45, 7) is 1.34. The molecule has 0 aliphatic heterocycles. The first-order valence-corrected chi connectivity index (χ1v) is 3.23. The smallest absolute Gasteiger partial charge is 0.231 e. The summed E-state index contributed by atoms with van der Waals surface area (Å²) in [7, 11) is 0. The van der Waals surface area contributed by atoms with E-state index in [0.717, 1.165) is 0 Å². The molecule has 0 bridgehead atoms. The molecule has 0 fully saturated rings. The van der Waals surface area contributed by atoms with Crippen molar-refractivity contribution in [2.75, 3.05) is 6.61 Å². The molecule has 1 rings (SSSR count). The quantitative estimate of drug-likeness (QED) is 0.425. The molecule has 0 spiro atoms. The topological polar surface area (TPSA) is 54.4 Å². The molecule has 0 heterocycles. The molecule has 1 N–H and O–H groups in total. The highest BCUT2D eigenvalue weighted by Gasteiger charge is 2.19. The first-order chi connectivity index (χ1) is 5.15. The number of rotatable bonds is 1. The molecule has 0 aromatic heterocycles. The number of ketones is 2. The molecule has 0 aromatic carbocycles. The van der Waals surface area contributed by atoms with Crippen LogP contribution in [0.5, 0.6) is 0 Å². The standard InChI is InChI=1S/C8H8O3/c1-5-2-6(4-9)8(11)7(10)3-5/h2-3,9H,4H2,1H3. The van der Waals surface area contributed by atoms with Gasteiger partial charge in [-0.2, -0.15) is 0 Å². The van der Waals surface area contributed by atoms with Crippen LogP contribution in [0.3, 0.4) is 0 Å². The number of aliphatic hydroxyl groups excluding tert-OH is 1. The Bertz CT molecular complexity index is 271. The van der Waals surface area contributed by atoms with Gasteiger partial charge in [0.15, 0.2) is 0 Å². The molecule has 11 heavy (non-hydrogen) atoms. The lowest BCUT2D eigenvalue weighted by Crippen LogP contribution is -2.19. The first kappa shape index (κ1) is 7.88. The molecule has 1 aliphatic rings. The van der Waals surface area contributed by atoms with E-state index in [1.165, 1.54) is 12.2 Å². The number of allylic oxidation sites excluding steroid dienone is 3. The van der Waals surface area contributed by atoms with E-state index in [4.69, 9.17) is 5.11 Å². The highest BCUT2D eigenvalue weighted by Crippen LogP contribution is 2.10. The maximum absolute atomic E-state index is 10.9. The Morgan fingerprint density at radius 1 is 1.36 bits per heavy atom. The number of aliphatic hydroxyl groups is 1. The van der Waals surface area contributed by atoms with Gasteiger partial charge in [-0.3, -0.25) is 9.59 Å². The molecule has 58 valence electrons. The minimum atomic E-state index is -0.599. The van der Waals surface area contributed by atoms with E-state index < -0.39 is 11.6 Å². The van der Waals surface area contributed by atoms with Crippen molar-refractivity contribution in [2.24, 2.45) is 0 Å². The second-order valence-corrected chi connectivity index (χ2v) is 2.41. The Hall–Kier alpha value is -1.22. The number of Topliss-reactive ketones (excluding diaryl/α,β-unsaturated/α-hetero) is 1. The minimum Gasteiger partial charge on any atom is -0.392 e. The van der Waals surface area contributed by atoms with Crippen molar-refractivity contribution in [3.63, 3.8) is 0 Å². The highest BCUT2D eigenvalue weighted by atomic mass is 16.3. The van der Waals surface area contributed by atoms with Crippen LogP contribution in [0.25, 0.3) is 0 Å². The molecule has 0 amide bonds. The Morgan fingerprint density at radius 2 is 2.00 bits per heavy atom. The highest BCUT2D eigenvalue weighted by molar-refractivity contribution is 6.48. The predicted octanol–water partition coefficient (Wildman–Crippen LogP) is 0.00320. The van der Waals surface area contributed by atoms with Gasteiger partial charge in [0.2, 0.25) is 11.6 Å². The lowest BCUT2D eigenvalue weighted by molar-refractivity contribution is -0.131. The van der Waals surface area contributed by atoms with E-state index in [1.54, 1.807) is 6.92 Å². The van der Waals surface area contributed by atoms with Gasteiger partial charge in [0.1, 0.15) is 0 Å². The van der Waals surface area contributed by atoms with Gasteiger partial charge in [-0.15, -0.1) is 0 Å². The van der Waals surface area contributed by atoms with Crippen molar-refractivity contribution < 1.29 is 14.7 Å². The molecule has 0 radical (unpaired) electrons. The second-order valence-electron chi connectivity index (χ2n) is 2.41. The van der Waals surface area contributed by atoms with Crippen LogP contribution in [0.4, 0.5) is 0 Å². The van der Waals surface area contributed by atoms with Crippen LogP contribution in [0, 0.1) is 0 Å². The number of carbonyl (C=O) groups excluding carboxylic acids is 2. The molecule has 0 saturated heterocycles. The predicted molar refractivity (Wildman–Crippen MR) is 38.9 cm³/mol. The van der Waals surface area contributed by atoms with E-state index in [9.17, 15) is 9.59 Å². The van der Waals surface area contributed by atoms with Crippen LogP contribution < -0.4 is 0 Å². The maximum Gasteiger partial charge on any atom is 0.231 e. The minimum absolute atomic E-state index is 0.176. The number of carbonyl (C=O) groups is 2. The van der Waals surface area contributed by atoms with Crippen molar-refractivity contribution in [3.8, 4) is 0 Å². The lowest BCUT2D eigenvalue weighted by Gasteiger charge is -2.05. The molecule has 1 aliphatic carbocycles. The summed E-state index contributed by atoms with van der Waals surface area (Å²) < 4.78 is 0. The van der Waals surface area contributed by atoms with Crippen molar-refractivity contribution in [1.29, 1.82) is 0 Å². The molecular formula is C8H8O3. The fourth-order valence-corrected chi connectivity index (χ4v) is 0.930. The van der Waals surface area contributed by atoms with Gasteiger partial charge >= 0.3 is 0 Å². The zero-order valence-electron chi connectivity index (χ0n) is 6.13. The van der Waals surface area contributed by atoms with Crippen molar-refractivity contribution in [2.45, 2.75) is 6.92 Å². The number of hydrogen-bond donors (Lipinski definition) is 1. The summed E-state index contributed by atoms with van der Waals surface area (Å²) in [5.74, 6) is -1.15. The first-order valence-electron chi connectivity index (χ1n) is 3.23. The molecule has 0 aromatic rings. The third-order valence-corrected chi connectivity index (χ3v) is 1.45. The van der Waals surface area contributed by atoms with E-state index in [1.807, 2.05) is 0 Å². The van der Waals surface area contributed by atoms with Crippen molar-refractivity contribution >= 4 is 11.6 Å². The van der Waals surface area contributed by atoms with Gasteiger partial charge in [0, 0.05) is 5.57 Å². The van der Waals surface area contributed by atoms with Gasteiger partial charge in [-0.05, 0) is 24.6 Å². The van der Waals surface area contributed by atoms with E-state index in [0.29, 0.717) is 5.57 Å². The monoisotopic (exact) mass is 152 g/mol. The third kappa shape index (κ3) is 1.43. The number of hydrogen-bond acceptors (Lipinski definition) is 3. The van der Waals surface area contributed by atoms with Crippen molar-refractivity contribution in [3.05, 3.63) is 23.3 Å². The Kier molecular flexibility index (Phi) is 2.01. The zero-order valence-corrected chi connectivity index (χ0v) is 6.13. The average molecular weight is 152 g/mol. The normalized spacial score (nSPS) is 18.0. The van der Waals surface area contributed by atoms with Crippen LogP contribution >= 0.6 is 0 Å². The van der Waals surface area contributed by atoms with Crippen LogP contribution in [0.1, 0.15) is 6.92 Å². The maximum atomic E-state index is 10.9. The van der Waals surface area contributed by atoms with Crippen LogP contribution in [0.2, 0.25) is 0 Å². The zero-order chi connectivity index (χ0) is 8.43. The van der Waals surface area contributed by atoms with Crippen molar-refractivity contribution in [1.82, 2.24) is 0 Å². The van der Waals surface area contributed by atoms with Crippen LogP contribution in [0.15, 0.2) is 23.3 Å². The Morgan fingerprint density at radius 3 is 2.55 bits per heavy atom. The molecule has 3 nitrogen and oxygen atoms in total. The van der Waals surface area contributed by atoms with E-state index >= 15 is 0 Å². The van der Waals surface area contributed by atoms with Gasteiger partial charge in [-0.1, -0.05) is 0 Å². The van der Waals surface area contributed by atoms with Gasteiger partial charge < -0.3 is 5.11 Å².